The summed E-state index contributed by atoms with van der Waals surface area (Å²) in [4.78, 5) is 25.0. The highest BCUT2D eigenvalue weighted by molar-refractivity contribution is 5.95. The van der Waals surface area contributed by atoms with E-state index in [9.17, 15) is 9.18 Å². The summed E-state index contributed by atoms with van der Waals surface area (Å²) in [5.41, 5.74) is 15.1. The number of pyridine rings is 1. The molecule has 0 spiro atoms. The summed E-state index contributed by atoms with van der Waals surface area (Å²) in [7, 11) is 0. The number of hydrogen-bond acceptors (Lipinski definition) is 8. The minimum absolute atomic E-state index is 0.0189. The number of aryl methyl sites for hydroxylation is 1. The molecule has 1 amide bonds. The van der Waals surface area contributed by atoms with Crippen LogP contribution in [0.25, 0.3) is 28.1 Å². The standard InChI is InChI=1S/C26H23FN8O2/c1-14-18-12-19(24-31-22(28)21(23(29)32-24)30-15(2)36)26(37-13-16-8-6-7-11-20(16)27)33-25(18)35(34-14)17-9-4-3-5-10-17/h3-12H,13H2,1-2H3,(H,30,36)(H4,28,29,31,32). The highest BCUT2D eigenvalue weighted by atomic mass is 19.1. The maximum absolute atomic E-state index is 14.3. The Kier molecular flexibility index (Phi) is 6.10. The molecule has 0 saturated heterocycles. The Balaban J connectivity index is 1.68. The van der Waals surface area contributed by atoms with Crippen LogP contribution in [0.3, 0.4) is 0 Å². The van der Waals surface area contributed by atoms with Gasteiger partial charge in [-0.05, 0) is 31.2 Å². The van der Waals surface area contributed by atoms with E-state index in [0.717, 1.165) is 11.1 Å². The summed E-state index contributed by atoms with van der Waals surface area (Å²) in [6.45, 7) is 3.09. The summed E-state index contributed by atoms with van der Waals surface area (Å²) >= 11 is 0. The molecule has 5 N–H and O–H groups in total. The summed E-state index contributed by atoms with van der Waals surface area (Å²) in [6, 6.07) is 17.6. The highest BCUT2D eigenvalue weighted by Gasteiger charge is 2.21. The number of aromatic nitrogens is 5. The van der Waals surface area contributed by atoms with Gasteiger partial charge in [-0.15, -0.1) is 0 Å². The Morgan fingerprint density at radius 1 is 1.03 bits per heavy atom. The van der Waals surface area contributed by atoms with Crippen molar-refractivity contribution < 1.29 is 13.9 Å². The van der Waals surface area contributed by atoms with E-state index >= 15 is 0 Å². The molecule has 0 radical (unpaired) electrons. The van der Waals surface area contributed by atoms with Crippen LogP contribution in [0.4, 0.5) is 21.7 Å². The van der Waals surface area contributed by atoms with E-state index < -0.39 is 5.82 Å². The zero-order valence-electron chi connectivity index (χ0n) is 20.1. The Morgan fingerprint density at radius 3 is 2.38 bits per heavy atom. The van der Waals surface area contributed by atoms with Crippen LogP contribution in [0.15, 0.2) is 60.7 Å². The smallest absolute Gasteiger partial charge is 0.227 e. The first-order chi connectivity index (χ1) is 17.8. The number of para-hydroxylation sites is 1. The number of nitrogens with two attached hydrogens (primary N) is 2. The van der Waals surface area contributed by atoms with Gasteiger partial charge >= 0.3 is 0 Å². The molecule has 0 aliphatic heterocycles. The van der Waals surface area contributed by atoms with Crippen LogP contribution in [0.2, 0.25) is 0 Å². The molecule has 0 aliphatic carbocycles. The van der Waals surface area contributed by atoms with E-state index in [1.54, 1.807) is 28.9 Å². The number of nitrogens with one attached hydrogen (secondary N) is 1. The molecule has 2 aromatic carbocycles. The molecule has 11 heteroatoms. The van der Waals surface area contributed by atoms with Crippen molar-refractivity contribution >= 4 is 34.3 Å². The molecule has 0 atom stereocenters. The zero-order chi connectivity index (χ0) is 26.1. The monoisotopic (exact) mass is 498 g/mol. The molecule has 0 aliphatic rings. The van der Waals surface area contributed by atoms with Crippen LogP contribution < -0.4 is 21.5 Å². The second-order valence-corrected chi connectivity index (χ2v) is 8.30. The number of benzene rings is 2. The third-order valence-corrected chi connectivity index (χ3v) is 5.64. The largest absolute Gasteiger partial charge is 0.472 e. The van der Waals surface area contributed by atoms with Crippen LogP contribution in [-0.4, -0.2) is 30.6 Å². The van der Waals surface area contributed by atoms with Gasteiger partial charge in [0.15, 0.2) is 23.1 Å². The number of carbonyl (C=O) groups is 1. The number of ether oxygens (including phenoxy) is 1. The van der Waals surface area contributed by atoms with Gasteiger partial charge in [0, 0.05) is 17.9 Å². The summed E-state index contributed by atoms with van der Waals surface area (Å²) in [6.07, 6.45) is 0. The molecule has 10 nitrogen and oxygen atoms in total. The first kappa shape index (κ1) is 23.7. The first-order valence-corrected chi connectivity index (χ1v) is 11.3. The molecule has 0 saturated carbocycles. The van der Waals surface area contributed by atoms with Crippen molar-refractivity contribution in [2.75, 3.05) is 16.8 Å². The van der Waals surface area contributed by atoms with Crippen LogP contribution in [-0.2, 0) is 11.4 Å². The third-order valence-electron chi connectivity index (χ3n) is 5.64. The topological polar surface area (TPSA) is 147 Å². The minimum Gasteiger partial charge on any atom is -0.472 e. The van der Waals surface area contributed by atoms with E-state index in [1.165, 1.54) is 13.0 Å². The Labute approximate surface area is 211 Å². The fraction of sp³-hybridized carbons (Fsp3) is 0.115. The lowest BCUT2D eigenvalue weighted by molar-refractivity contribution is -0.114. The van der Waals surface area contributed by atoms with E-state index in [2.05, 4.69) is 20.4 Å². The van der Waals surface area contributed by atoms with Crippen LogP contribution in [0, 0.1) is 12.7 Å². The van der Waals surface area contributed by atoms with Crippen molar-refractivity contribution in [1.82, 2.24) is 24.7 Å². The number of fused-ring (bicyclic) bond motifs is 1. The van der Waals surface area contributed by atoms with Crippen molar-refractivity contribution in [1.29, 1.82) is 0 Å². The van der Waals surface area contributed by atoms with Gasteiger partial charge in [0.2, 0.25) is 11.8 Å². The molecule has 0 fully saturated rings. The molecule has 3 aromatic heterocycles. The quantitative estimate of drug-likeness (QED) is 0.318. The zero-order valence-corrected chi connectivity index (χ0v) is 20.1. The average Bonchev–Trinajstić information content (AvgIpc) is 3.20. The third kappa shape index (κ3) is 4.61. The lowest BCUT2D eigenvalue weighted by atomic mass is 10.1. The van der Waals surface area contributed by atoms with E-state index in [0.29, 0.717) is 22.5 Å². The summed E-state index contributed by atoms with van der Waals surface area (Å²) in [5.74, 6) is -0.535. The van der Waals surface area contributed by atoms with Crippen molar-refractivity contribution in [3.8, 4) is 23.0 Å². The van der Waals surface area contributed by atoms with Crippen LogP contribution >= 0.6 is 0 Å². The molecular weight excluding hydrogens is 475 g/mol. The van der Waals surface area contributed by atoms with Crippen LogP contribution in [0.1, 0.15) is 18.2 Å². The van der Waals surface area contributed by atoms with E-state index in [4.69, 9.17) is 21.2 Å². The SMILES string of the molecule is CC(=O)Nc1c(N)nc(-c2cc3c(C)nn(-c4ccccc4)c3nc2OCc2ccccc2F)nc1N. The predicted molar refractivity (Wildman–Crippen MR) is 138 cm³/mol. The Hall–Kier alpha value is -5.06. The molecule has 186 valence electrons. The predicted octanol–water partition coefficient (Wildman–Crippen LogP) is 4.03. The van der Waals surface area contributed by atoms with E-state index in [-0.39, 0.29) is 41.5 Å². The number of rotatable bonds is 6. The van der Waals surface area contributed by atoms with E-state index in [1.807, 2.05) is 37.3 Å². The molecule has 0 bridgehead atoms. The fourth-order valence-electron chi connectivity index (χ4n) is 3.87. The number of anilines is 3. The Bertz CT molecular complexity index is 1610. The van der Waals surface area contributed by atoms with Gasteiger partial charge in [0.25, 0.3) is 0 Å². The van der Waals surface area contributed by atoms with Gasteiger partial charge in [0.1, 0.15) is 18.1 Å². The van der Waals surface area contributed by atoms with Gasteiger partial charge in [0.05, 0.1) is 16.9 Å². The number of amides is 1. The van der Waals surface area contributed by atoms with Gasteiger partial charge < -0.3 is 21.5 Å². The lowest BCUT2D eigenvalue weighted by Crippen LogP contribution is -2.13. The number of nitrogens with zero attached hydrogens (tertiary/aromatic N) is 5. The molecular formula is C26H23FN8O2. The molecule has 5 aromatic rings. The van der Waals surface area contributed by atoms with Gasteiger partial charge in [-0.25, -0.2) is 19.0 Å². The second kappa shape index (κ2) is 9.53. The van der Waals surface area contributed by atoms with Gasteiger partial charge in [-0.1, -0.05) is 36.4 Å². The minimum atomic E-state index is -0.403. The maximum Gasteiger partial charge on any atom is 0.227 e. The second-order valence-electron chi connectivity index (χ2n) is 8.30. The fourth-order valence-corrected chi connectivity index (χ4v) is 3.87. The molecule has 5 rings (SSSR count). The van der Waals surface area contributed by atoms with Crippen LogP contribution in [0.5, 0.6) is 5.88 Å². The summed E-state index contributed by atoms with van der Waals surface area (Å²) in [5, 5.41) is 7.91. The number of nitrogen functional groups attached to an aromatic ring is 2. The Morgan fingerprint density at radius 2 is 1.70 bits per heavy atom. The van der Waals surface area contributed by atoms with Gasteiger partial charge in [-0.3, -0.25) is 4.79 Å². The summed E-state index contributed by atoms with van der Waals surface area (Å²) < 4.78 is 22.0. The van der Waals surface area contributed by atoms with Crippen molar-refractivity contribution in [2.45, 2.75) is 20.5 Å². The average molecular weight is 499 g/mol. The van der Waals surface area contributed by atoms with Crippen molar-refractivity contribution in [2.24, 2.45) is 0 Å². The number of halogens is 1. The normalized spacial score (nSPS) is 11.0. The first-order valence-electron chi connectivity index (χ1n) is 11.3. The number of hydrogen-bond donors (Lipinski definition) is 3. The number of carbonyl (C=O) groups excluding carboxylic acids is 1. The molecule has 3 heterocycles. The van der Waals surface area contributed by atoms with Crippen molar-refractivity contribution in [3.05, 3.63) is 77.7 Å². The lowest BCUT2D eigenvalue weighted by Gasteiger charge is -2.14. The molecule has 37 heavy (non-hydrogen) atoms. The van der Waals surface area contributed by atoms with Gasteiger partial charge in [-0.2, -0.15) is 10.1 Å². The maximum atomic E-state index is 14.3. The van der Waals surface area contributed by atoms with Crippen molar-refractivity contribution in [3.63, 3.8) is 0 Å². The highest BCUT2D eigenvalue weighted by Crippen LogP contribution is 2.35. The molecule has 0 unspecified atom stereocenters.